The van der Waals surface area contributed by atoms with E-state index in [0.29, 0.717) is 25.9 Å². The van der Waals surface area contributed by atoms with Gasteiger partial charge in [-0.25, -0.2) is 4.79 Å². The Morgan fingerprint density at radius 2 is 2.00 bits per heavy atom. The summed E-state index contributed by atoms with van der Waals surface area (Å²) in [5.41, 5.74) is 0.910. The predicted octanol–water partition coefficient (Wildman–Crippen LogP) is 3.06. The van der Waals surface area contributed by atoms with Gasteiger partial charge in [-0.2, -0.15) is 0 Å². The van der Waals surface area contributed by atoms with Crippen LogP contribution in [0.4, 0.5) is 4.79 Å². The number of carboxylic acids is 1. The summed E-state index contributed by atoms with van der Waals surface area (Å²) >= 11 is 0. The maximum absolute atomic E-state index is 12.7. The molecular formula is C20H30N2O4. The highest BCUT2D eigenvalue weighted by Crippen LogP contribution is 2.25. The highest BCUT2D eigenvalue weighted by Gasteiger charge is 2.29. The molecule has 26 heavy (non-hydrogen) atoms. The van der Waals surface area contributed by atoms with Gasteiger partial charge in [-0.3, -0.25) is 4.79 Å². The number of nitrogens with zero attached hydrogens (tertiary/aromatic N) is 1. The molecule has 144 valence electrons. The number of ether oxygens (including phenoxy) is 1. The van der Waals surface area contributed by atoms with Crippen molar-refractivity contribution in [3.8, 4) is 0 Å². The third kappa shape index (κ3) is 6.33. The Morgan fingerprint density at radius 3 is 2.65 bits per heavy atom. The van der Waals surface area contributed by atoms with E-state index in [0.717, 1.165) is 24.8 Å². The minimum absolute atomic E-state index is 0.0412. The zero-order valence-corrected chi connectivity index (χ0v) is 15.7. The van der Waals surface area contributed by atoms with Crippen LogP contribution in [-0.4, -0.2) is 53.8 Å². The molecule has 1 saturated heterocycles. The van der Waals surface area contributed by atoms with E-state index in [9.17, 15) is 9.59 Å². The Hall–Kier alpha value is -2.08. The van der Waals surface area contributed by atoms with Crippen molar-refractivity contribution < 1.29 is 19.4 Å². The number of carboxylic acid groups (broad SMARTS) is 1. The maximum atomic E-state index is 12.7. The molecule has 1 aliphatic heterocycles. The second-order valence-electron chi connectivity index (χ2n) is 7.26. The van der Waals surface area contributed by atoms with Crippen molar-refractivity contribution in [3.63, 3.8) is 0 Å². The van der Waals surface area contributed by atoms with Crippen LogP contribution in [0, 0.1) is 0 Å². The van der Waals surface area contributed by atoms with E-state index in [-0.39, 0.29) is 24.1 Å². The standard InChI is InChI=1S/C20H30N2O4/c1-20(26-2)11-6-13-22(14-12-20)19(25)21-17(9-10-18(23)24)15-16-7-4-3-5-8-16/h3-5,7-8,17H,6,9-15H2,1-2H3,(H,21,25)(H,23,24). The van der Waals surface area contributed by atoms with Crippen molar-refractivity contribution in [1.82, 2.24) is 10.2 Å². The van der Waals surface area contributed by atoms with Crippen LogP contribution in [0.2, 0.25) is 0 Å². The monoisotopic (exact) mass is 362 g/mol. The second kappa shape index (κ2) is 9.57. The van der Waals surface area contributed by atoms with Gasteiger partial charge in [0.1, 0.15) is 0 Å². The summed E-state index contributed by atoms with van der Waals surface area (Å²) in [6, 6.07) is 9.52. The van der Waals surface area contributed by atoms with Gasteiger partial charge in [0.2, 0.25) is 0 Å². The zero-order chi connectivity index (χ0) is 19.0. The number of nitrogens with one attached hydrogen (secondary N) is 1. The van der Waals surface area contributed by atoms with Gasteiger partial charge < -0.3 is 20.1 Å². The molecule has 1 fully saturated rings. The van der Waals surface area contributed by atoms with E-state index in [1.54, 1.807) is 7.11 Å². The van der Waals surface area contributed by atoms with E-state index in [2.05, 4.69) is 12.2 Å². The van der Waals surface area contributed by atoms with Gasteiger partial charge in [0, 0.05) is 32.7 Å². The fourth-order valence-corrected chi connectivity index (χ4v) is 3.35. The Balaban J connectivity index is 1.97. The number of likely N-dealkylation sites (tertiary alicyclic amines) is 1. The van der Waals surface area contributed by atoms with Gasteiger partial charge in [-0.05, 0) is 44.6 Å². The number of carbonyl (C=O) groups excluding carboxylic acids is 1. The van der Waals surface area contributed by atoms with E-state index < -0.39 is 5.97 Å². The normalized spacial score (nSPS) is 21.7. The Morgan fingerprint density at radius 1 is 1.27 bits per heavy atom. The molecule has 0 aromatic heterocycles. The van der Waals surface area contributed by atoms with Crippen molar-refractivity contribution >= 4 is 12.0 Å². The minimum atomic E-state index is -0.844. The van der Waals surface area contributed by atoms with Crippen LogP contribution in [0.15, 0.2) is 30.3 Å². The average molecular weight is 362 g/mol. The molecule has 2 unspecified atom stereocenters. The minimum Gasteiger partial charge on any atom is -0.481 e. The number of aliphatic carboxylic acids is 1. The van der Waals surface area contributed by atoms with Crippen LogP contribution in [-0.2, 0) is 16.0 Å². The van der Waals surface area contributed by atoms with Crippen LogP contribution < -0.4 is 5.32 Å². The predicted molar refractivity (Wildman–Crippen MR) is 100 cm³/mol. The fourth-order valence-electron chi connectivity index (χ4n) is 3.35. The van der Waals surface area contributed by atoms with Crippen molar-refractivity contribution in [2.45, 2.75) is 57.1 Å². The van der Waals surface area contributed by atoms with Crippen molar-refractivity contribution in [2.24, 2.45) is 0 Å². The number of hydrogen-bond donors (Lipinski definition) is 2. The first-order valence-corrected chi connectivity index (χ1v) is 9.28. The van der Waals surface area contributed by atoms with Crippen LogP contribution in [0.25, 0.3) is 0 Å². The highest BCUT2D eigenvalue weighted by atomic mass is 16.5. The SMILES string of the molecule is COC1(C)CCCN(C(=O)NC(CCC(=O)O)Cc2ccccc2)CC1. The lowest BCUT2D eigenvalue weighted by Crippen LogP contribution is -2.46. The van der Waals surface area contributed by atoms with E-state index in [1.165, 1.54) is 0 Å². The summed E-state index contributed by atoms with van der Waals surface area (Å²) < 4.78 is 5.59. The highest BCUT2D eigenvalue weighted by molar-refractivity contribution is 5.74. The number of amides is 2. The van der Waals surface area contributed by atoms with Gasteiger partial charge in [-0.1, -0.05) is 30.3 Å². The molecule has 2 amide bonds. The zero-order valence-electron chi connectivity index (χ0n) is 15.7. The maximum Gasteiger partial charge on any atom is 0.317 e. The van der Waals surface area contributed by atoms with Crippen LogP contribution in [0.3, 0.4) is 0 Å². The first-order valence-electron chi connectivity index (χ1n) is 9.28. The third-order valence-corrected chi connectivity index (χ3v) is 5.18. The molecule has 2 rings (SSSR count). The first-order chi connectivity index (χ1) is 12.4. The molecule has 0 saturated carbocycles. The lowest BCUT2D eigenvalue weighted by Gasteiger charge is -2.27. The molecule has 1 heterocycles. The van der Waals surface area contributed by atoms with E-state index >= 15 is 0 Å². The van der Waals surface area contributed by atoms with Gasteiger partial charge in [0.25, 0.3) is 0 Å². The topological polar surface area (TPSA) is 78.9 Å². The molecule has 0 spiro atoms. The number of methoxy groups -OCH3 is 1. The van der Waals surface area contributed by atoms with Gasteiger partial charge in [-0.15, -0.1) is 0 Å². The quantitative estimate of drug-likeness (QED) is 0.781. The Kier molecular flexibility index (Phi) is 7.45. The number of hydrogen-bond acceptors (Lipinski definition) is 3. The summed E-state index contributed by atoms with van der Waals surface area (Å²) in [7, 11) is 1.72. The van der Waals surface area contributed by atoms with E-state index in [1.807, 2.05) is 35.2 Å². The number of carbonyl (C=O) groups is 2. The van der Waals surface area contributed by atoms with Crippen molar-refractivity contribution in [1.29, 1.82) is 0 Å². The Bertz CT molecular complexity index is 593. The summed E-state index contributed by atoms with van der Waals surface area (Å²) in [5.74, 6) is -0.844. The molecule has 6 heteroatoms. The fraction of sp³-hybridized carbons (Fsp3) is 0.600. The van der Waals surface area contributed by atoms with Gasteiger partial charge in [0.15, 0.2) is 0 Å². The molecule has 2 atom stereocenters. The smallest absolute Gasteiger partial charge is 0.317 e. The molecule has 1 aromatic rings. The lowest BCUT2D eigenvalue weighted by molar-refractivity contribution is -0.137. The Labute approximate surface area is 155 Å². The summed E-state index contributed by atoms with van der Waals surface area (Å²) in [5, 5.41) is 12.0. The second-order valence-corrected chi connectivity index (χ2v) is 7.26. The summed E-state index contributed by atoms with van der Waals surface area (Å²) in [4.78, 5) is 25.5. The lowest BCUT2D eigenvalue weighted by atomic mass is 9.97. The summed E-state index contributed by atoms with van der Waals surface area (Å²) in [6.45, 7) is 3.43. The summed E-state index contributed by atoms with van der Waals surface area (Å²) in [6.07, 6.45) is 3.72. The van der Waals surface area contributed by atoms with Gasteiger partial charge >= 0.3 is 12.0 Å². The number of benzene rings is 1. The van der Waals surface area contributed by atoms with Crippen LogP contribution in [0.5, 0.6) is 0 Å². The van der Waals surface area contributed by atoms with E-state index in [4.69, 9.17) is 9.84 Å². The molecule has 2 N–H and O–H groups in total. The number of urea groups is 1. The van der Waals surface area contributed by atoms with Crippen molar-refractivity contribution in [2.75, 3.05) is 20.2 Å². The molecule has 1 aliphatic rings. The molecule has 6 nitrogen and oxygen atoms in total. The molecule has 0 aliphatic carbocycles. The van der Waals surface area contributed by atoms with Crippen LogP contribution >= 0.6 is 0 Å². The molecule has 0 radical (unpaired) electrons. The number of rotatable bonds is 7. The van der Waals surface area contributed by atoms with Crippen molar-refractivity contribution in [3.05, 3.63) is 35.9 Å². The van der Waals surface area contributed by atoms with Gasteiger partial charge in [0.05, 0.1) is 5.60 Å². The molecule has 0 bridgehead atoms. The molecule has 1 aromatic carbocycles. The largest absolute Gasteiger partial charge is 0.481 e. The van der Waals surface area contributed by atoms with Crippen LogP contribution in [0.1, 0.15) is 44.6 Å². The first kappa shape index (κ1) is 20.2. The third-order valence-electron chi connectivity index (χ3n) is 5.18. The molecular weight excluding hydrogens is 332 g/mol. The average Bonchev–Trinajstić information content (AvgIpc) is 2.83.